The third kappa shape index (κ3) is 5.82. The van der Waals surface area contributed by atoms with Crippen LogP contribution in [0, 0.1) is 11.6 Å². The second-order valence-corrected chi connectivity index (χ2v) is 9.79. The lowest BCUT2D eigenvalue weighted by Crippen LogP contribution is -2.44. The first-order chi connectivity index (χ1) is 20.2. The minimum atomic E-state index is -3.04. The molecule has 2 fully saturated rings. The number of hydrogen-bond acceptors (Lipinski definition) is 7. The summed E-state index contributed by atoms with van der Waals surface area (Å²) in [5.41, 5.74) is -0.369. The molecule has 0 bridgehead atoms. The monoisotopic (exact) mass is 588 g/mol. The normalized spacial score (nSPS) is 20.6. The van der Waals surface area contributed by atoms with Gasteiger partial charge in [0.25, 0.3) is 11.8 Å². The zero-order valence-corrected chi connectivity index (χ0v) is 22.7. The molecule has 0 aliphatic carbocycles. The van der Waals surface area contributed by atoms with Crippen molar-refractivity contribution in [2.45, 2.75) is 31.5 Å². The van der Waals surface area contributed by atoms with E-state index in [-0.39, 0.29) is 22.9 Å². The quantitative estimate of drug-likeness (QED) is 0.396. The molecule has 0 spiro atoms. The van der Waals surface area contributed by atoms with Gasteiger partial charge in [0.2, 0.25) is 0 Å². The van der Waals surface area contributed by atoms with Gasteiger partial charge in [-0.05, 0) is 43.3 Å². The molecule has 3 aromatic rings. The molecule has 2 aromatic carbocycles. The Labute approximate surface area is 239 Å². The molecule has 1 aromatic heterocycles. The number of alkyl halides is 2. The van der Waals surface area contributed by atoms with E-state index in [1.165, 1.54) is 36.3 Å². The van der Waals surface area contributed by atoms with E-state index in [0.29, 0.717) is 32.1 Å². The first kappa shape index (κ1) is 29.1. The highest BCUT2D eigenvalue weighted by Crippen LogP contribution is 2.41. The van der Waals surface area contributed by atoms with Crippen LogP contribution in [0.3, 0.4) is 0 Å². The second-order valence-electron chi connectivity index (χ2n) is 9.79. The Morgan fingerprint density at radius 2 is 1.67 bits per heavy atom. The van der Waals surface area contributed by atoms with E-state index in [1.54, 1.807) is 25.1 Å². The van der Waals surface area contributed by atoms with Crippen molar-refractivity contribution in [2.75, 3.05) is 43.2 Å². The van der Waals surface area contributed by atoms with Gasteiger partial charge in [-0.1, -0.05) is 6.07 Å². The lowest BCUT2D eigenvalue weighted by Gasteiger charge is -2.29. The van der Waals surface area contributed by atoms with Crippen LogP contribution in [0.25, 0.3) is 0 Å². The SMILES string of the molecule is COc1cc(F)c([C@H]2[C@H](NC(=O)c3ccc(OC(F)F)cc3)C(=O)N(c3cccc(N4CCOCC4)n3)[C@H]2C)c(F)c1. The highest BCUT2D eigenvalue weighted by molar-refractivity contribution is 6.05. The van der Waals surface area contributed by atoms with Crippen molar-refractivity contribution in [2.24, 2.45) is 0 Å². The van der Waals surface area contributed by atoms with Gasteiger partial charge in [-0.25, -0.2) is 13.8 Å². The molecular formula is C29H28F4N4O5. The maximum absolute atomic E-state index is 15.4. The summed E-state index contributed by atoms with van der Waals surface area (Å²) in [6, 6.07) is 9.75. The molecule has 2 saturated heterocycles. The minimum Gasteiger partial charge on any atom is -0.497 e. The van der Waals surface area contributed by atoms with Crippen molar-refractivity contribution >= 4 is 23.5 Å². The third-order valence-corrected chi connectivity index (χ3v) is 7.34. The van der Waals surface area contributed by atoms with Gasteiger partial charge in [0.15, 0.2) is 0 Å². The van der Waals surface area contributed by atoms with Crippen molar-refractivity contribution in [3.05, 3.63) is 77.4 Å². The molecule has 3 atom stereocenters. The van der Waals surface area contributed by atoms with E-state index in [1.807, 2.05) is 4.90 Å². The van der Waals surface area contributed by atoms with Crippen LogP contribution in [0.4, 0.5) is 29.2 Å². The number of amides is 2. The fourth-order valence-electron chi connectivity index (χ4n) is 5.35. The van der Waals surface area contributed by atoms with Gasteiger partial charge in [0.05, 0.1) is 20.3 Å². The lowest BCUT2D eigenvalue weighted by atomic mass is 9.87. The van der Waals surface area contributed by atoms with E-state index in [4.69, 9.17) is 9.47 Å². The molecule has 0 unspecified atom stereocenters. The number of carbonyl (C=O) groups excluding carboxylic acids is 2. The van der Waals surface area contributed by atoms with Crippen LogP contribution in [0.2, 0.25) is 0 Å². The van der Waals surface area contributed by atoms with Crippen LogP contribution >= 0.6 is 0 Å². The molecule has 3 heterocycles. The molecule has 2 amide bonds. The van der Waals surface area contributed by atoms with Crippen molar-refractivity contribution in [3.8, 4) is 11.5 Å². The fourth-order valence-corrected chi connectivity index (χ4v) is 5.35. The fraction of sp³-hybridized carbons (Fsp3) is 0.345. The summed E-state index contributed by atoms with van der Waals surface area (Å²) in [4.78, 5) is 35.2. The highest BCUT2D eigenvalue weighted by Gasteiger charge is 2.50. The first-order valence-corrected chi connectivity index (χ1v) is 13.2. The third-order valence-electron chi connectivity index (χ3n) is 7.34. The Balaban J connectivity index is 1.51. The number of hydrogen-bond donors (Lipinski definition) is 1. The van der Waals surface area contributed by atoms with Crippen LogP contribution in [-0.2, 0) is 9.53 Å². The molecule has 2 aliphatic heterocycles. The van der Waals surface area contributed by atoms with Crippen molar-refractivity contribution in [1.29, 1.82) is 0 Å². The number of benzene rings is 2. The standard InChI is InChI=1S/C29H28F4N4O5/c1-16-24(25-20(30)14-19(40-2)15-21(25)31)26(35-27(38)17-6-8-18(9-7-17)42-29(32)33)28(39)37(16)23-5-3-4-22(34-23)36-10-12-41-13-11-36/h3-9,14-16,24,26,29H,10-13H2,1-2H3,(H,35,38)/t16-,24-,26-/m0/s1. The van der Waals surface area contributed by atoms with Crippen LogP contribution in [0.15, 0.2) is 54.6 Å². The maximum Gasteiger partial charge on any atom is 0.387 e. The van der Waals surface area contributed by atoms with Crippen LogP contribution in [0.5, 0.6) is 11.5 Å². The smallest absolute Gasteiger partial charge is 0.387 e. The van der Waals surface area contributed by atoms with Crippen LogP contribution in [-0.4, -0.2) is 68.9 Å². The van der Waals surface area contributed by atoms with Gasteiger partial charge in [-0.15, -0.1) is 0 Å². The summed E-state index contributed by atoms with van der Waals surface area (Å²) < 4.78 is 70.5. The van der Waals surface area contributed by atoms with E-state index in [2.05, 4.69) is 15.0 Å². The van der Waals surface area contributed by atoms with Crippen molar-refractivity contribution in [3.63, 3.8) is 0 Å². The van der Waals surface area contributed by atoms with Gasteiger partial charge in [-0.2, -0.15) is 8.78 Å². The van der Waals surface area contributed by atoms with E-state index >= 15 is 8.78 Å². The highest BCUT2D eigenvalue weighted by atomic mass is 19.3. The summed E-state index contributed by atoms with van der Waals surface area (Å²) in [5, 5.41) is 2.61. The number of methoxy groups -OCH3 is 1. The average Bonchev–Trinajstić information content (AvgIpc) is 3.21. The van der Waals surface area contributed by atoms with Gasteiger partial charge in [-0.3, -0.25) is 14.5 Å². The first-order valence-electron chi connectivity index (χ1n) is 13.2. The molecule has 1 N–H and O–H groups in total. The number of halogens is 4. The molecule has 0 radical (unpaired) electrons. The Hall–Kier alpha value is -4.39. The molecule has 42 heavy (non-hydrogen) atoms. The maximum atomic E-state index is 15.4. The molecule has 13 heteroatoms. The summed E-state index contributed by atoms with van der Waals surface area (Å²) in [6.07, 6.45) is 0. The molecular weight excluding hydrogens is 560 g/mol. The molecule has 5 rings (SSSR count). The minimum absolute atomic E-state index is 0.0254. The zero-order valence-electron chi connectivity index (χ0n) is 22.7. The predicted molar refractivity (Wildman–Crippen MR) is 144 cm³/mol. The summed E-state index contributed by atoms with van der Waals surface area (Å²) in [5.74, 6) is -3.78. The molecule has 2 aliphatic rings. The van der Waals surface area contributed by atoms with E-state index in [0.717, 1.165) is 12.1 Å². The number of anilines is 2. The van der Waals surface area contributed by atoms with Crippen LogP contribution < -0.4 is 24.6 Å². The van der Waals surface area contributed by atoms with Gasteiger partial charge < -0.3 is 24.4 Å². The summed E-state index contributed by atoms with van der Waals surface area (Å²) >= 11 is 0. The Bertz CT molecular complexity index is 1430. The zero-order chi connectivity index (χ0) is 30.0. The van der Waals surface area contributed by atoms with Crippen LogP contribution in [0.1, 0.15) is 28.8 Å². The summed E-state index contributed by atoms with van der Waals surface area (Å²) in [6.45, 7) is 0.824. The Morgan fingerprint density at radius 3 is 2.29 bits per heavy atom. The van der Waals surface area contributed by atoms with Gasteiger partial charge in [0, 0.05) is 48.3 Å². The Morgan fingerprint density at radius 1 is 1.02 bits per heavy atom. The number of carbonyl (C=O) groups is 2. The number of ether oxygens (including phenoxy) is 3. The number of rotatable bonds is 8. The largest absolute Gasteiger partial charge is 0.497 e. The number of nitrogens with zero attached hydrogens (tertiary/aromatic N) is 3. The average molecular weight is 589 g/mol. The molecule has 9 nitrogen and oxygen atoms in total. The second kappa shape index (κ2) is 12.2. The van der Waals surface area contributed by atoms with E-state index in [9.17, 15) is 18.4 Å². The molecule has 222 valence electrons. The Kier molecular flexibility index (Phi) is 8.48. The number of nitrogens with one attached hydrogen (secondary N) is 1. The lowest BCUT2D eigenvalue weighted by molar-refractivity contribution is -0.118. The van der Waals surface area contributed by atoms with Crippen molar-refractivity contribution in [1.82, 2.24) is 10.3 Å². The number of aromatic nitrogens is 1. The predicted octanol–water partition coefficient (Wildman–Crippen LogP) is 4.12. The molecule has 0 saturated carbocycles. The van der Waals surface area contributed by atoms with Gasteiger partial charge in [0.1, 0.15) is 40.8 Å². The number of morpholine rings is 1. The van der Waals surface area contributed by atoms with Gasteiger partial charge >= 0.3 is 6.61 Å². The topological polar surface area (TPSA) is 93.2 Å². The summed E-state index contributed by atoms with van der Waals surface area (Å²) in [7, 11) is 1.27. The number of pyridine rings is 1. The van der Waals surface area contributed by atoms with E-state index < -0.39 is 53.6 Å². The van der Waals surface area contributed by atoms with Crippen molar-refractivity contribution < 1.29 is 41.4 Å².